The molecule has 2 aliphatic rings. The molecule has 0 radical (unpaired) electrons. The van der Waals surface area contributed by atoms with Gasteiger partial charge in [-0.25, -0.2) is 26.0 Å². The summed E-state index contributed by atoms with van der Waals surface area (Å²) in [6, 6.07) is 24.1. The van der Waals surface area contributed by atoms with Crippen molar-refractivity contribution in [2.45, 2.75) is 209 Å². The van der Waals surface area contributed by atoms with E-state index in [1.54, 1.807) is 30.3 Å². The predicted molar refractivity (Wildman–Crippen MR) is 382 cm³/mol. The number of hydrogen-bond acceptors (Lipinski definition) is 11. The summed E-state index contributed by atoms with van der Waals surface area (Å²) in [6.45, 7) is 38.8. The van der Waals surface area contributed by atoms with Gasteiger partial charge in [-0.2, -0.15) is 0 Å². The van der Waals surface area contributed by atoms with Gasteiger partial charge in [-0.3, -0.25) is 0 Å². The summed E-state index contributed by atoms with van der Waals surface area (Å²) >= 11 is 0. The molecule has 504 valence electrons. The van der Waals surface area contributed by atoms with Gasteiger partial charge in [-0.1, -0.05) is 149 Å². The van der Waals surface area contributed by atoms with Gasteiger partial charge in [-0.05, 0) is 178 Å². The molecule has 92 heavy (non-hydrogen) atoms. The molecule has 0 atom stereocenters. The Morgan fingerprint density at radius 2 is 0.804 bits per heavy atom. The predicted octanol–water partition coefficient (Wildman–Crippen LogP) is 17.0. The first-order valence-corrected chi connectivity index (χ1v) is 37.7. The molecule has 4 aromatic carbocycles. The molecule has 0 N–H and O–H groups in total. The number of rotatable bonds is 32. The number of anilines is 2. The Morgan fingerprint density at radius 3 is 1.20 bits per heavy atom. The quantitative estimate of drug-likeness (QED) is 0.0336. The molecule has 2 aliphatic carbocycles. The fraction of sp³-hybridized carbons (Fsp3) is 0.500. The molecule has 4 aromatic rings. The van der Waals surface area contributed by atoms with Crippen LogP contribution >= 0.6 is 0 Å². The van der Waals surface area contributed by atoms with E-state index < -0.39 is 30.8 Å². The fourth-order valence-electron chi connectivity index (χ4n) is 12.4. The molecule has 6 rings (SSSR count). The van der Waals surface area contributed by atoms with Gasteiger partial charge in [0.2, 0.25) is 11.4 Å². The number of nitrogens with zero attached hydrogens (tertiary/aromatic N) is 4. The van der Waals surface area contributed by atoms with Gasteiger partial charge in [-0.15, -0.1) is 12.6 Å². The molecule has 0 amide bonds. The highest BCUT2D eigenvalue weighted by Crippen LogP contribution is 2.40. The SMILES string of the molecule is CCCCN(CCCC)c1c(C)cc(C(=C2C=C(C)C(=[N+](CCCC)CCCC)C(C)=C2)c2ccccc2S(=O)(=O)[O-])cc1C.CCCCN(CCCC)c1ccc(C(=C2C=CC(=[N+](CCCC)CCCC)C(C)=C2)c2ccccc2S(=O)(=O)[O-])cc1C.O=S(=O)=O. The van der Waals surface area contributed by atoms with Crippen molar-refractivity contribution < 1.29 is 47.7 Å². The maximum Gasteiger partial charge on any atom is 0.425 e. The van der Waals surface area contributed by atoms with Crippen LogP contribution in [0.4, 0.5) is 11.4 Å². The highest BCUT2D eigenvalue weighted by Gasteiger charge is 2.28. The van der Waals surface area contributed by atoms with Crippen molar-refractivity contribution in [2.24, 2.45) is 0 Å². The normalized spacial score (nSPS) is 13.7. The number of allylic oxidation sites excluding steroid dienone is 10. The lowest BCUT2D eigenvalue weighted by Gasteiger charge is -2.29. The van der Waals surface area contributed by atoms with E-state index >= 15 is 0 Å². The molecule has 0 saturated carbocycles. The maximum absolute atomic E-state index is 12.6. The third-order valence-electron chi connectivity index (χ3n) is 16.9. The van der Waals surface area contributed by atoms with Crippen LogP contribution in [0.2, 0.25) is 0 Å². The molecule has 13 nitrogen and oxygen atoms in total. The van der Waals surface area contributed by atoms with Gasteiger partial charge in [0, 0.05) is 97.2 Å². The van der Waals surface area contributed by atoms with Gasteiger partial charge in [0.1, 0.15) is 46.4 Å². The van der Waals surface area contributed by atoms with Crippen LogP contribution in [0.1, 0.15) is 218 Å². The molecule has 0 spiro atoms. The van der Waals surface area contributed by atoms with Gasteiger partial charge in [0.05, 0.1) is 9.79 Å². The van der Waals surface area contributed by atoms with Crippen LogP contribution in [-0.4, -0.2) is 112 Å². The molecule has 0 heterocycles. The average Bonchev–Trinajstić information content (AvgIpc) is 0.775. The van der Waals surface area contributed by atoms with Crippen molar-refractivity contribution in [3.05, 3.63) is 176 Å². The molecular formula is C76H108N4O9S3. The average molecular weight is 1320 g/mol. The van der Waals surface area contributed by atoms with Crippen LogP contribution in [0, 0.1) is 20.8 Å². The van der Waals surface area contributed by atoms with Crippen molar-refractivity contribution in [1.29, 1.82) is 0 Å². The highest BCUT2D eigenvalue weighted by molar-refractivity contribution is 7.86. The van der Waals surface area contributed by atoms with Crippen molar-refractivity contribution in [2.75, 3.05) is 62.2 Å². The zero-order chi connectivity index (χ0) is 68.1. The van der Waals surface area contributed by atoms with Crippen molar-refractivity contribution in [3.63, 3.8) is 0 Å². The van der Waals surface area contributed by atoms with E-state index in [9.17, 15) is 25.9 Å². The van der Waals surface area contributed by atoms with E-state index in [0.29, 0.717) is 11.1 Å². The van der Waals surface area contributed by atoms with Gasteiger partial charge in [0.15, 0.2) is 0 Å². The first-order valence-electron chi connectivity index (χ1n) is 33.9. The van der Waals surface area contributed by atoms with Crippen LogP contribution in [-0.2, 0) is 30.8 Å². The van der Waals surface area contributed by atoms with Crippen LogP contribution in [0.3, 0.4) is 0 Å². The summed E-state index contributed by atoms with van der Waals surface area (Å²) in [5, 5.41) is 0. The smallest absolute Gasteiger partial charge is 0.425 e. The molecule has 16 heteroatoms. The second kappa shape index (κ2) is 39.4. The fourth-order valence-corrected chi connectivity index (χ4v) is 13.8. The van der Waals surface area contributed by atoms with E-state index in [1.807, 2.05) is 6.07 Å². The zero-order valence-corrected chi connectivity index (χ0v) is 60.5. The minimum absolute atomic E-state index is 0.182. The lowest BCUT2D eigenvalue weighted by molar-refractivity contribution is -0.528. The Hall–Kier alpha value is -6.30. The maximum atomic E-state index is 12.6. The Bertz CT molecular complexity index is 3650. The highest BCUT2D eigenvalue weighted by atomic mass is 32.2. The monoisotopic (exact) mass is 1320 g/mol. The van der Waals surface area contributed by atoms with E-state index in [2.05, 4.69) is 177 Å². The topological polar surface area (TPSA) is 178 Å². The number of aryl methyl sites for hydroxylation is 3. The third kappa shape index (κ3) is 23.0. The second-order valence-corrected chi connectivity index (χ2v) is 27.7. The molecule has 0 bridgehead atoms. The summed E-state index contributed by atoms with van der Waals surface area (Å²) in [6.07, 6.45) is 29.0. The number of benzene rings is 4. The van der Waals surface area contributed by atoms with Crippen LogP contribution in [0.5, 0.6) is 0 Å². The molecule has 0 aromatic heterocycles. The van der Waals surface area contributed by atoms with Crippen LogP contribution in [0.25, 0.3) is 11.1 Å². The summed E-state index contributed by atoms with van der Waals surface area (Å²) in [5.41, 5.74) is 18.0. The minimum Gasteiger partial charge on any atom is -0.744 e. The van der Waals surface area contributed by atoms with E-state index in [1.165, 1.54) is 34.9 Å². The van der Waals surface area contributed by atoms with E-state index in [-0.39, 0.29) is 9.79 Å². The third-order valence-corrected chi connectivity index (χ3v) is 18.7. The standard InChI is InChI=1S/C39H56N2O3S.C37H52N2O3S.O3S/c1-9-13-21-40(22-14-10-2)38-29(5)25-33(26-30(38)6)37(35-19-17-18-20-36(35)45(42,43)44)34-27-31(7)39(32(8)28-34)41(23-15-11-3)24-16-12-4;1-7-11-23-38(24-12-8-2)34-21-19-31(27-29(34)5)37(33-17-15-16-18-36(33)43(40,41)42)32-20-22-35(30(6)28-32)39(25-13-9-3)26-14-10-4;1-4(2)3/h17-20,25-28H,9-16,21-24H2,1-8H3;15-22,27-28H,7-14,23-26H2,1-6H3;. The molecule has 0 saturated heterocycles. The van der Waals surface area contributed by atoms with Crippen molar-refractivity contribution in [1.82, 2.24) is 0 Å². The summed E-state index contributed by atoms with van der Waals surface area (Å²) in [7, 11) is -12.5. The second-order valence-electron chi connectivity index (χ2n) is 24.6. The lowest BCUT2D eigenvalue weighted by Crippen LogP contribution is -2.27. The Labute approximate surface area is 556 Å². The molecule has 0 fully saturated rings. The van der Waals surface area contributed by atoms with Gasteiger partial charge in [0.25, 0.3) is 0 Å². The molecule has 0 aliphatic heterocycles. The van der Waals surface area contributed by atoms with E-state index in [0.717, 1.165) is 222 Å². The Morgan fingerprint density at radius 1 is 0.435 bits per heavy atom. The molecule has 0 unspecified atom stereocenters. The molecular weight excluding hydrogens is 1210 g/mol. The largest absolute Gasteiger partial charge is 0.744 e. The Balaban J connectivity index is 0.000000371. The first kappa shape index (κ1) is 78.1. The van der Waals surface area contributed by atoms with Gasteiger partial charge < -0.3 is 18.9 Å². The summed E-state index contributed by atoms with van der Waals surface area (Å²) in [4.78, 5) is 4.62. The minimum atomic E-state index is -4.71. The van der Waals surface area contributed by atoms with Crippen LogP contribution < -0.4 is 9.80 Å². The first-order chi connectivity index (χ1) is 43.9. The lowest BCUT2D eigenvalue weighted by atomic mass is 9.85. The Kier molecular flexibility index (Phi) is 33.5. The number of unbranched alkanes of at least 4 members (excludes halogenated alkanes) is 8. The summed E-state index contributed by atoms with van der Waals surface area (Å²) in [5.74, 6) is 0. The van der Waals surface area contributed by atoms with Gasteiger partial charge >= 0.3 is 10.6 Å². The van der Waals surface area contributed by atoms with Crippen molar-refractivity contribution >= 4 is 64.8 Å². The van der Waals surface area contributed by atoms with Crippen LogP contribution in [0.15, 0.2) is 147 Å². The number of hydrogen-bond donors (Lipinski definition) is 0. The van der Waals surface area contributed by atoms with E-state index in [4.69, 9.17) is 12.6 Å². The van der Waals surface area contributed by atoms with Crippen molar-refractivity contribution in [3.8, 4) is 0 Å². The zero-order valence-electron chi connectivity index (χ0n) is 58.1. The summed E-state index contributed by atoms with van der Waals surface area (Å²) < 4.78 is 105.